The number of hydrogen-bond acceptors (Lipinski definition) is 3. The average Bonchev–Trinajstić information content (AvgIpc) is 2.79. The van der Waals surface area contributed by atoms with Gasteiger partial charge in [0.1, 0.15) is 0 Å². The van der Waals surface area contributed by atoms with Crippen molar-refractivity contribution in [3.63, 3.8) is 0 Å². The Labute approximate surface area is 182 Å². The van der Waals surface area contributed by atoms with Gasteiger partial charge in [-0.3, -0.25) is 4.98 Å². The summed E-state index contributed by atoms with van der Waals surface area (Å²) in [6.07, 6.45) is 1.82. The Balaban J connectivity index is 1.78. The molecule has 0 saturated heterocycles. The van der Waals surface area contributed by atoms with Crippen LogP contribution in [0.2, 0.25) is 0 Å². The smallest absolute Gasteiger partial charge is 0.0972 e. The first-order chi connectivity index (χ1) is 15.1. The molecule has 2 aromatic heterocycles. The predicted octanol–water partition coefficient (Wildman–Crippen LogP) is 6.88. The second-order valence-corrected chi connectivity index (χ2v) is 7.98. The second-order valence-electron chi connectivity index (χ2n) is 7.98. The molecule has 0 amide bonds. The highest BCUT2D eigenvalue weighted by Gasteiger charge is 2.13. The Kier molecular flexibility index (Phi) is 4.79. The normalized spacial score (nSPS) is 11.9. The summed E-state index contributed by atoms with van der Waals surface area (Å²) in [6.45, 7) is 6.36. The van der Waals surface area contributed by atoms with Crippen LogP contribution in [0.1, 0.15) is 27.9 Å². The lowest BCUT2D eigenvalue weighted by atomic mass is 10.0. The van der Waals surface area contributed by atoms with Crippen LogP contribution in [-0.2, 0) is 0 Å². The quantitative estimate of drug-likeness (QED) is 0.244. The highest BCUT2D eigenvalue weighted by Crippen LogP contribution is 2.28. The largest absolute Gasteiger partial charge is 0.254 e. The van der Waals surface area contributed by atoms with Gasteiger partial charge < -0.3 is 0 Å². The first-order valence-electron chi connectivity index (χ1n) is 10.5. The van der Waals surface area contributed by atoms with Crippen LogP contribution < -0.4 is 0 Å². The van der Waals surface area contributed by atoms with Gasteiger partial charge >= 0.3 is 0 Å². The van der Waals surface area contributed by atoms with Crippen LogP contribution in [-0.4, -0.2) is 15.7 Å². The minimum absolute atomic E-state index is 0.844. The van der Waals surface area contributed by atoms with Crippen LogP contribution in [0, 0.1) is 20.8 Å². The topological polar surface area (TPSA) is 38.1 Å². The van der Waals surface area contributed by atoms with Crippen molar-refractivity contribution in [1.29, 1.82) is 0 Å². The zero-order valence-electron chi connectivity index (χ0n) is 17.9. The molecule has 5 aromatic rings. The summed E-state index contributed by atoms with van der Waals surface area (Å²) < 4.78 is 0. The van der Waals surface area contributed by atoms with E-state index in [0.29, 0.717) is 0 Å². The van der Waals surface area contributed by atoms with Crippen LogP contribution in [0.15, 0.2) is 90.1 Å². The van der Waals surface area contributed by atoms with Crippen molar-refractivity contribution in [2.45, 2.75) is 20.8 Å². The Bertz CT molecular complexity index is 1430. The molecule has 3 heteroatoms. The van der Waals surface area contributed by atoms with Crippen molar-refractivity contribution < 1.29 is 0 Å². The maximum Gasteiger partial charge on any atom is 0.0972 e. The van der Waals surface area contributed by atoms with Gasteiger partial charge in [0.25, 0.3) is 0 Å². The van der Waals surface area contributed by atoms with Gasteiger partial charge in [0.05, 0.1) is 28.1 Å². The van der Waals surface area contributed by atoms with E-state index in [4.69, 9.17) is 9.98 Å². The molecule has 3 nitrogen and oxygen atoms in total. The fourth-order valence-electron chi connectivity index (χ4n) is 4.18. The molecule has 0 unspecified atom stereocenters. The van der Waals surface area contributed by atoms with Crippen molar-refractivity contribution >= 4 is 33.2 Å². The molecule has 5 rings (SSSR count). The van der Waals surface area contributed by atoms with Crippen LogP contribution in [0.25, 0.3) is 21.8 Å². The standard InChI is InChI=1S/C28H23N3/c1-18-16-19(2)25(20(3)17-18)31-26(21-8-5-4-6-9-21)24-14-13-23-12-11-22-10-7-15-29-27(22)28(23)30-24/h4-17H,1-3H3. The fourth-order valence-corrected chi connectivity index (χ4v) is 4.18. The number of aliphatic imine (C=N–C) groups is 1. The van der Waals surface area contributed by atoms with Crippen LogP contribution in [0.3, 0.4) is 0 Å². The molecular formula is C28H23N3. The maximum atomic E-state index is 5.16. The number of hydrogen-bond donors (Lipinski definition) is 0. The lowest BCUT2D eigenvalue weighted by Gasteiger charge is -2.12. The van der Waals surface area contributed by atoms with Gasteiger partial charge in [0, 0.05) is 22.5 Å². The number of fused-ring (bicyclic) bond motifs is 3. The molecule has 150 valence electrons. The number of nitrogens with zero attached hydrogens (tertiary/aromatic N) is 3. The van der Waals surface area contributed by atoms with Crippen molar-refractivity contribution in [2.75, 3.05) is 0 Å². The van der Waals surface area contributed by atoms with E-state index in [1.54, 1.807) is 0 Å². The van der Waals surface area contributed by atoms with E-state index in [-0.39, 0.29) is 0 Å². The summed E-state index contributed by atoms with van der Waals surface area (Å²) in [7, 11) is 0. The van der Waals surface area contributed by atoms with Gasteiger partial charge in [0.2, 0.25) is 0 Å². The lowest BCUT2D eigenvalue weighted by molar-refractivity contribution is 1.27. The van der Waals surface area contributed by atoms with E-state index >= 15 is 0 Å². The number of pyridine rings is 2. The lowest BCUT2D eigenvalue weighted by Crippen LogP contribution is -2.06. The molecule has 0 atom stereocenters. The molecule has 31 heavy (non-hydrogen) atoms. The highest BCUT2D eigenvalue weighted by molar-refractivity contribution is 6.14. The molecule has 2 heterocycles. The summed E-state index contributed by atoms with van der Waals surface area (Å²) in [5, 5.41) is 2.16. The van der Waals surface area contributed by atoms with E-state index in [2.05, 4.69) is 80.4 Å². The number of aromatic nitrogens is 2. The number of benzene rings is 3. The van der Waals surface area contributed by atoms with Gasteiger partial charge in [-0.25, -0.2) is 9.98 Å². The zero-order valence-corrected chi connectivity index (χ0v) is 17.9. The number of rotatable bonds is 3. The number of aryl methyl sites for hydroxylation is 3. The third-order valence-electron chi connectivity index (χ3n) is 5.58. The summed E-state index contributed by atoms with van der Waals surface area (Å²) in [6, 6.07) is 27.0. The maximum absolute atomic E-state index is 5.16. The Morgan fingerprint density at radius 3 is 2.13 bits per heavy atom. The summed E-state index contributed by atoms with van der Waals surface area (Å²) in [5.41, 5.74) is 9.15. The van der Waals surface area contributed by atoms with E-state index in [9.17, 15) is 0 Å². The van der Waals surface area contributed by atoms with Crippen LogP contribution in [0.4, 0.5) is 5.69 Å². The zero-order chi connectivity index (χ0) is 21.4. The monoisotopic (exact) mass is 401 g/mol. The highest BCUT2D eigenvalue weighted by atomic mass is 14.8. The Morgan fingerprint density at radius 1 is 0.710 bits per heavy atom. The fraction of sp³-hybridized carbons (Fsp3) is 0.107. The van der Waals surface area contributed by atoms with Crippen molar-refractivity contribution in [2.24, 2.45) is 4.99 Å². The summed E-state index contributed by atoms with van der Waals surface area (Å²) in [5.74, 6) is 0. The van der Waals surface area contributed by atoms with E-state index in [1.807, 2.05) is 30.5 Å². The van der Waals surface area contributed by atoms with Crippen molar-refractivity contribution in [3.05, 3.63) is 113 Å². The molecule has 0 bridgehead atoms. The average molecular weight is 402 g/mol. The van der Waals surface area contributed by atoms with Crippen molar-refractivity contribution in [1.82, 2.24) is 9.97 Å². The van der Waals surface area contributed by atoms with Gasteiger partial charge in [-0.05, 0) is 44.0 Å². The van der Waals surface area contributed by atoms with E-state index < -0.39 is 0 Å². The molecule has 0 spiro atoms. The van der Waals surface area contributed by atoms with Gasteiger partial charge in [0.15, 0.2) is 0 Å². The SMILES string of the molecule is Cc1cc(C)c(N=C(c2ccccc2)c2ccc3ccc4cccnc4c3n2)c(C)c1. The van der Waals surface area contributed by atoms with E-state index in [0.717, 1.165) is 44.5 Å². The summed E-state index contributed by atoms with van der Waals surface area (Å²) >= 11 is 0. The molecule has 0 aliphatic heterocycles. The third-order valence-corrected chi connectivity index (χ3v) is 5.58. The minimum Gasteiger partial charge on any atom is -0.254 e. The Morgan fingerprint density at radius 2 is 1.39 bits per heavy atom. The third kappa shape index (κ3) is 3.59. The molecule has 0 fully saturated rings. The minimum atomic E-state index is 0.844. The first kappa shape index (κ1) is 19.1. The molecule has 0 saturated carbocycles. The van der Waals surface area contributed by atoms with Gasteiger partial charge in [-0.15, -0.1) is 0 Å². The van der Waals surface area contributed by atoms with Crippen LogP contribution in [0.5, 0.6) is 0 Å². The Hall–Kier alpha value is -3.85. The van der Waals surface area contributed by atoms with E-state index in [1.165, 1.54) is 16.7 Å². The molecule has 0 radical (unpaired) electrons. The summed E-state index contributed by atoms with van der Waals surface area (Å²) in [4.78, 5) is 14.8. The molecule has 0 N–H and O–H groups in total. The van der Waals surface area contributed by atoms with Gasteiger partial charge in [-0.1, -0.05) is 72.3 Å². The first-order valence-corrected chi connectivity index (χ1v) is 10.5. The molecule has 0 aliphatic rings. The van der Waals surface area contributed by atoms with Gasteiger partial charge in [-0.2, -0.15) is 0 Å². The second kappa shape index (κ2) is 7.77. The molecule has 3 aromatic carbocycles. The van der Waals surface area contributed by atoms with Crippen molar-refractivity contribution in [3.8, 4) is 0 Å². The predicted molar refractivity (Wildman–Crippen MR) is 129 cm³/mol. The van der Waals surface area contributed by atoms with Crippen LogP contribution >= 0.6 is 0 Å². The molecule has 0 aliphatic carbocycles. The molecular weight excluding hydrogens is 378 g/mol.